The maximum atomic E-state index is 12.2. The summed E-state index contributed by atoms with van der Waals surface area (Å²) >= 11 is 0. The average Bonchev–Trinajstić information content (AvgIpc) is 2.95. The van der Waals surface area contributed by atoms with Crippen LogP contribution in [-0.2, 0) is 4.79 Å². The summed E-state index contributed by atoms with van der Waals surface area (Å²) in [6.45, 7) is 1.72. The minimum absolute atomic E-state index is 0.0486. The van der Waals surface area contributed by atoms with Crippen LogP contribution in [0.5, 0.6) is 0 Å². The van der Waals surface area contributed by atoms with Gasteiger partial charge in [-0.25, -0.2) is 4.79 Å². The van der Waals surface area contributed by atoms with Gasteiger partial charge in [-0.1, -0.05) is 6.42 Å². The van der Waals surface area contributed by atoms with Crippen molar-refractivity contribution in [2.45, 2.75) is 44.6 Å². The lowest BCUT2D eigenvalue weighted by Gasteiger charge is -2.23. The molecule has 2 amide bonds. The molecule has 3 atom stereocenters. The van der Waals surface area contributed by atoms with Crippen molar-refractivity contribution < 1.29 is 14.7 Å². The van der Waals surface area contributed by atoms with Crippen molar-refractivity contribution in [2.75, 3.05) is 13.1 Å². The van der Waals surface area contributed by atoms with E-state index in [0.717, 1.165) is 25.9 Å². The van der Waals surface area contributed by atoms with Gasteiger partial charge in [-0.05, 0) is 43.4 Å². The minimum atomic E-state index is -0.824. The topological polar surface area (TPSA) is 69.6 Å². The van der Waals surface area contributed by atoms with Gasteiger partial charge in [0, 0.05) is 19.1 Å². The molecule has 3 fully saturated rings. The molecule has 1 aliphatic heterocycles. The highest BCUT2D eigenvalue weighted by Gasteiger charge is 2.40. The molecule has 0 spiro atoms. The Morgan fingerprint density at radius 3 is 2.32 bits per heavy atom. The second-order valence-electron chi connectivity index (χ2n) is 6.35. The van der Waals surface area contributed by atoms with Crippen molar-refractivity contribution in [1.29, 1.82) is 0 Å². The van der Waals surface area contributed by atoms with Gasteiger partial charge in [0.05, 0.1) is 6.42 Å². The molecule has 19 heavy (non-hydrogen) atoms. The van der Waals surface area contributed by atoms with Crippen molar-refractivity contribution in [2.24, 2.45) is 17.8 Å². The first-order valence-corrected chi connectivity index (χ1v) is 7.40. The fourth-order valence-electron chi connectivity index (χ4n) is 3.67. The molecule has 0 aromatic carbocycles. The zero-order valence-corrected chi connectivity index (χ0v) is 11.2. The smallest absolute Gasteiger partial charge is 0.317 e. The van der Waals surface area contributed by atoms with Gasteiger partial charge in [0.1, 0.15) is 0 Å². The fraction of sp³-hybridized carbons (Fsp3) is 0.857. The summed E-state index contributed by atoms with van der Waals surface area (Å²) in [6.07, 6.45) is 5.93. The van der Waals surface area contributed by atoms with Gasteiger partial charge in [-0.3, -0.25) is 4.79 Å². The van der Waals surface area contributed by atoms with Crippen LogP contribution in [0, 0.1) is 17.8 Å². The number of carboxylic acids is 1. The molecule has 106 valence electrons. The Kier molecular flexibility index (Phi) is 3.37. The number of likely N-dealkylation sites (tertiary alicyclic amines) is 1. The second kappa shape index (κ2) is 5.02. The third-order valence-electron chi connectivity index (χ3n) is 4.91. The van der Waals surface area contributed by atoms with Crippen molar-refractivity contribution in [1.82, 2.24) is 10.2 Å². The van der Waals surface area contributed by atoms with Crippen LogP contribution in [0.3, 0.4) is 0 Å². The van der Waals surface area contributed by atoms with Crippen molar-refractivity contribution >= 4 is 12.0 Å². The van der Waals surface area contributed by atoms with E-state index in [9.17, 15) is 9.59 Å². The lowest BCUT2D eigenvalue weighted by Crippen LogP contribution is -2.45. The first kappa shape index (κ1) is 12.8. The van der Waals surface area contributed by atoms with Crippen LogP contribution in [-0.4, -0.2) is 41.1 Å². The molecule has 0 aromatic rings. The number of carboxylic acid groups (broad SMARTS) is 1. The summed E-state index contributed by atoms with van der Waals surface area (Å²) in [5.41, 5.74) is 0. The normalized spacial score (nSPS) is 31.1. The maximum absolute atomic E-state index is 12.2. The van der Waals surface area contributed by atoms with E-state index in [1.165, 1.54) is 19.3 Å². The summed E-state index contributed by atoms with van der Waals surface area (Å²) in [4.78, 5) is 25.0. The average molecular weight is 266 g/mol. The molecule has 5 nitrogen and oxygen atoms in total. The fourth-order valence-corrected chi connectivity index (χ4v) is 3.67. The zero-order chi connectivity index (χ0) is 13.4. The van der Waals surface area contributed by atoms with Gasteiger partial charge in [-0.15, -0.1) is 0 Å². The van der Waals surface area contributed by atoms with Crippen LogP contribution in [0.25, 0.3) is 0 Å². The summed E-state index contributed by atoms with van der Waals surface area (Å²) < 4.78 is 0. The lowest BCUT2D eigenvalue weighted by atomic mass is 10.0. The third kappa shape index (κ3) is 2.85. The number of carbonyl (C=O) groups is 2. The number of amides is 2. The molecule has 0 aromatic heterocycles. The Morgan fingerprint density at radius 2 is 1.79 bits per heavy atom. The Balaban J connectivity index is 1.53. The predicted octanol–water partition coefficient (Wildman–Crippen LogP) is 1.68. The van der Waals surface area contributed by atoms with Crippen LogP contribution < -0.4 is 5.32 Å². The molecule has 3 rings (SSSR count). The molecule has 1 saturated heterocycles. The molecule has 2 aliphatic carbocycles. The Labute approximate surface area is 113 Å². The third-order valence-corrected chi connectivity index (χ3v) is 4.91. The SMILES string of the molecule is O=C(O)CC(NC(=O)N1CC2CCCC2C1)C1CC1. The molecule has 2 saturated carbocycles. The van der Waals surface area contributed by atoms with E-state index in [2.05, 4.69) is 5.32 Å². The van der Waals surface area contributed by atoms with Crippen molar-refractivity contribution in [3.05, 3.63) is 0 Å². The molecule has 3 unspecified atom stereocenters. The van der Waals surface area contributed by atoms with Gasteiger partial charge in [0.2, 0.25) is 0 Å². The number of hydrogen-bond donors (Lipinski definition) is 2. The minimum Gasteiger partial charge on any atom is -0.481 e. The summed E-state index contributed by atoms with van der Waals surface area (Å²) in [5, 5.41) is 11.9. The van der Waals surface area contributed by atoms with Gasteiger partial charge in [0.25, 0.3) is 0 Å². The number of aliphatic carboxylic acids is 1. The van der Waals surface area contributed by atoms with Gasteiger partial charge < -0.3 is 15.3 Å². The quantitative estimate of drug-likeness (QED) is 0.813. The summed E-state index contributed by atoms with van der Waals surface area (Å²) in [5.74, 6) is 0.923. The van der Waals surface area contributed by atoms with Gasteiger partial charge in [-0.2, -0.15) is 0 Å². The van der Waals surface area contributed by atoms with E-state index in [4.69, 9.17) is 5.11 Å². The number of carbonyl (C=O) groups excluding carboxylic acids is 1. The zero-order valence-electron chi connectivity index (χ0n) is 11.2. The molecule has 0 bridgehead atoms. The Bertz CT molecular complexity index is 369. The molecule has 2 N–H and O–H groups in total. The number of urea groups is 1. The van der Waals surface area contributed by atoms with E-state index in [-0.39, 0.29) is 18.5 Å². The van der Waals surface area contributed by atoms with E-state index in [1.54, 1.807) is 0 Å². The van der Waals surface area contributed by atoms with E-state index in [1.807, 2.05) is 4.90 Å². The highest BCUT2D eigenvalue weighted by molar-refractivity contribution is 5.76. The summed E-state index contributed by atoms with van der Waals surface area (Å²) in [7, 11) is 0. The van der Waals surface area contributed by atoms with E-state index in [0.29, 0.717) is 17.8 Å². The highest BCUT2D eigenvalue weighted by atomic mass is 16.4. The molecular formula is C14H22N2O3. The number of nitrogens with zero attached hydrogens (tertiary/aromatic N) is 1. The lowest BCUT2D eigenvalue weighted by molar-refractivity contribution is -0.137. The molecule has 5 heteroatoms. The monoisotopic (exact) mass is 266 g/mol. The van der Waals surface area contributed by atoms with Crippen LogP contribution >= 0.6 is 0 Å². The van der Waals surface area contributed by atoms with Gasteiger partial charge >= 0.3 is 12.0 Å². The van der Waals surface area contributed by atoms with E-state index < -0.39 is 5.97 Å². The predicted molar refractivity (Wildman–Crippen MR) is 69.7 cm³/mol. The first-order valence-electron chi connectivity index (χ1n) is 7.40. The molecule has 1 heterocycles. The molecule has 3 aliphatic rings. The summed E-state index contributed by atoms with van der Waals surface area (Å²) in [6, 6.07) is -0.224. The van der Waals surface area contributed by atoms with Crippen LogP contribution in [0.2, 0.25) is 0 Å². The number of rotatable bonds is 4. The van der Waals surface area contributed by atoms with Gasteiger partial charge in [0.15, 0.2) is 0 Å². The van der Waals surface area contributed by atoms with Crippen LogP contribution in [0.1, 0.15) is 38.5 Å². The highest BCUT2D eigenvalue weighted by Crippen LogP contribution is 2.38. The number of nitrogens with one attached hydrogen (secondary N) is 1. The molecule has 0 radical (unpaired) electrons. The van der Waals surface area contributed by atoms with Crippen molar-refractivity contribution in [3.8, 4) is 0 Å². The Morgan fingerprint density at radius 1 is 1.16 bits per heavy atom. The first-order chi connectivity index (χ1) is 9.13. The standard InChI is InChI=1S/C14H22N2O3/c17-13(18)6-12(9-4-5-9)15-14(19)16-7-10-2-1-3-11(10)8-16/h9-12H,1-8H2,(H,15,19)(H,17,18). The van der Waals surface area contributed by atoms with Crippen LogP contribution in [0.4, 0.5) is 4.79 Å². The number of fused-ring (bicyclic) bond motifs is 1. The Hall–Kier alpha value is -1.26. The maximum Gasteiger partial charge on any atom is 0.317 e. The second-order valence-corrected chi connectivity index (χ2v) is 6.35. The van der Waals surface area contributed by atoms with Crippen molar-refractivity contribution in [3.63, 3.8) is 0 Å². The number of hydrogen-bond acceptors (Lipinski definition) is 2. The van der Waals surface area contributed by atoms with E-state index >= 15 is 0 Å². The van der Waals surface area contributed by atoms with Crippen LogP contribution in [0.15, 0.2) is 0 Å². The molecular weight excluding hydrogens is 244 g/mol. The largest absolute Gasteiger partial charge is 0.481 e.